The molecule has 1 aliphatic rings. The molecule has 27 heavy (non-hydrogen) atoms. The number of carbonyl (C=O) groups excluding carboxylic acids is 1. The Bertz CT molecular complexity index is 920. The predicted molar refractivity (Wildman–Crippen MR) is 106 cm³/mol. The van der Waals surface area contributed by atoms with Crippen LogP contribution in [0.1, 0.15) is 28.8 Å². The number of nitrogens with zero attached hydrogens (tertiary/aromatic N) is 2. The molecule has 1 unspecified atom stereocenters. The van der Waals surface area contributed by atoms with Gasteiger partial charge in [-0.05, 0) is 60.3 Å². The Labute approximate surface area is 159 Å². The van der Waals surface area contributed by atoms with Crippen molar-refractivity contribution in [2.75, 3.05) is 26.7 Å². The number of aromatic nitrogens is 2. The van der Waals surface area contributed by atoms with Crippen molar-refractivity contribution < 1.29 is 9.53 Å². The van der Waals surface area contributed by atoms with Gasteiger partial charge in [-0.2, -0.15) is 5.10 Å². The van der Waals surface area contributed by atoms with Gasteiger partial charge in [0.15, 0.2) is 5.78 Å². The number of carbonyl (C=O) groups is 1. The summed E-state index contributed by atoms with van der Waals surface area (Å²) in [7, 11) is 1.67. The lowest BCUT2D eigenvalue weighted by molar-refractivity contribution is 0.0821. The molecule has 0 aliphatic carbocycles. The molecule has 0 amide bonds. The van der Waals surface area contributed by atoms with E-state index in [0.717, 1.165) is 61.0 Å². The Balaban J connectivity index is 1.44. The number of benzene rings is 2. The number of piperidine rings is 1. The zero-order chi connectivity index (χ0) is 18.6. The lowest BCUT2D eigenvalue weighted by atomic mass is 9.89. The second-order valence-electron chi connectivity index (χ2n) is 7.29. The first kappa shape index (κ1) is 17.7. The molecule has 1 aromatic heterocycles. The van der Waals surface area contributed by atoms with Gasteiger partial charge in [-0.15, -0.1) is 0 Å². The summed E-state index contributed by atoms with van der Waals surface area (Å²) < 4.78 is 5.28. The normalized spacial score (nSPS) is 17.9. The van der Waals surface area contributed by atoms with Crippen LogP contribution in [0.5, 0.6) is 5.75 Å². The van der Waals surface area contributed by atoms with Crippen LogP contribution in [0.3, 0.4) is 0 Å². The van der Waals surface area contributed by atoms with Crippen LogP contribution in [-0.2, 0) is 6.42 Å². The molecule has 2 heterocycles. The Hall–Kier alpha value is -2.66. The number of aromatic amines is 1. The van der Waals surface area contributed by atoms with Gasteiger partial charge in [0, 0.05) is 30.8 Å². The molecule has 140 valence electrons. The van der Waals surface area contributed by atoms with Crippen LogP contribution in [0.4, 0.5) is 0 Å². The number of likely N-dealkylation sites (tertiary alicyclic amines) is 1. The number of nitrogens with one attached hydrogen (secondary N) is 1. The van der Waals surface area contributed by atoms with Gasteiger partial charge in [-0.25, -0.2) is 0 Å². The standard InChI is InChI=1S/C22H25N3O2/c1-27-21-7-6-17-11-19(5-4-18(17)12-21)22(26)20-3-2-9-25(15-20)10-8-16-13-23-24-14-16/h4-7,11-14,20H,2-3,8-10,15H2,1H3,(H,23,24). The number of ether oxygens (including phenoxy) is 1. The van der Waals surface area contributed by atoms with E-state index < -0.39 is 0 Å². The highest BCUT2D eigenvalue weighted by Gasteiger charge is 2.26. The second-order valence-corrected chi connectivity index (χ2v) is 7.29. The van der Waals surface area contributed by atoms with Crippen molar-refractivity contribution in [2.24, 2.45) is 5.92 Å². The van der Waals surface area contributed by atoms with E-state index in [9.17, 15) is 4.79 Å². The summed E-state index contributed by atoms with van der Waals surface area (Å²) in [5.41, 5.74) is 2.03. The Kier molecular flexibility index (Phi) is 5.21. The lowest BCUT2D eigenvalue weighted by Crippen LogP contribution is -2.39. The van der Waals surface area contributed by atoms with Crippen molar-refractivity contribution in [3.8, 4) is 5.75 Å². The third-order valence-electron chi connectivity index (χ3n) is 5.48. The molecule has 1 fully saturated rings. The molecule has 5 nitrogen and oxygen atoms in total. The summed E-state index contributed by atoms with van der Waals surface area (Å²) in [5, 5.41) is 9.03. The van der Waals surface area contributed by atoms with E-state index in [-0.39, 0.29) is 11.7 Å². The lowest BCUT2D eigenvalue weighted by Gasteiger charge is -2.32. The van der Waals surface area contributed by atoms with E-state index in [4.69, 9.17) is 4.74 Å². The summed E-state index contributed by atoms with van der Waals surface area (Å²) >= 11 is 0. The third-order valence-corrected chi connectivity index (χ3v) is 5.48. The van der Waals surface area contributed by atoms with Gasteiger partial charge in [0.25, 0.3) is 0 Å². The molecule has 1 N–H and O–H groups in total. The van der Waals surface area contributed by atoms with Gasteiger partial charge in [0.05, 0.1) is 13.3 Å². The molecule has 0 saturated carbocycles. The van der Waals surface area contributed by atoms with Gasteiger partial charge >= 0.3 is 0 Å². The molecule has 4 rings (SSSR count). The van der Waals surface area contributed by atoms with Gasteiger partial charge in [-0.1, -0.05) is 18.2 Å². The van der Waals surface area contributed by atoms with Crippen LogP contribution in [0.2, 0.25) is 0 Å². The maximum atomic E-state index is 13.1. The number of rotatable bonds is 6. The molecule has 1 saturated heterocycles. The van der Waals surface area contributed by atoms with E-state index in [2.05, 4.69) is 15.1 Å². The maximum Gasteiger partial charge on any atom is 0.167 e. The van der Waals surface area contributed by atoms with Crippen LogP contribution >= 0.6 is 0 Å². The molecule has 1 atom stereocenters. The fraction of sp³-hybridized carbons (Fsp3) is 0.364. The van der Waals surface area contributed by atoms with Crippen molar-refractivity contribution in [2.45, 2.75) is 19.3 Å². The molecule has 1 aliphatic heterocycles. The zero-order valence-corrected chi connectivity index (χ0v) is 15.6. The Morgan fingerprint density at radius 2 is 2.11 bits per heavy atom. The Morgan fingerprint density at radius 1 is 1.26 bits per heavy atom. The number of hydrogen-bond acceptors (Lipinski definition) is 4. The first-order chi connectivity index (χ1) is 13.2. The van der Waals surface area contributed by atoms with Crippen molar-refractivity contribution in [1.29, 1.82) is 0 Å². The number of hydrogen-bond donors (Lipinski definition) is 1. The van der Waals surface area contributed by atoms with Crippen LogP contribution < -0.4 is 4.74 Å². The van der Waals surface area contributed by atoms with Crippen molar-refractivity contribution in [3.05, 3.63) is 59.9 Å². The van der Waals surface area contributed by atoms with Crippen LogP contribution in [0, 0.1) is 5.92 Å². The molecule has 5 heteroatoms. The zero-order valence-electron chi connectivity index (χ0n) is 15.6. The highest BCUT2D eigenvalue weighted by molar-refractivity contribution is 6.01. The van der Waals surface area contributed by atoms with E-state index in [1.54, 1.807) is 7.11 Å². The predicted octanol–water partition coefficient (Wildman–Crippen LogP) is 3.71. The molecule has 0 spiro atoms. The molecule has 0 radical (unpaired) electrons. The summed E-state index contributed by atoms with van der Waals surface area (Å²) in [6.45, 7) is 2.89. The maximum absolute atomic E-state index is 13.1. The minimum atomic E-state index is 0.0822. The average Bonchev–Trinajstić information content (AvgIpc) is 3.25. The second kappa shape index (κ2) is 7.92. The molecular formula is C22H25N3O2. The van der Waals surface area contributed by atoms with E-state index in [0.29, 0.717) is 0 Å². The van der Waals surface area contributed by atoms with Crippen molar-refractivity contribution in [1.82, 2.24) is 15.1 Å². The quantitative estimate of drug-likeness (QED) is 0.678. The monoisotopic (exact) mass is 363 g/mol. The topological polar surface area (TPSA) is 58.2 Å². The van der Waals surface area contributed by atoms with E-state index in [1.807, 2.05) is 48.8 Å². The van der Waals surface area contributed by atoms with Crippen LogP contribution in [0.25, 0.3) is 10.8 Å². The number of ketones is 1. The molecular weight excluding hydrogens is 338 g/mol. The van der Waals surface area contributed by atoms with Crippen LogP contribution in [0.15, 0.2) is 48.8 Å². The first-order valence-corrected chi connectivity index (χ1v) is 9.55. The van der Waals surface area contributed by atoms with Gasteiger partial charge in [-0.3, -0.25) is 9.89 Å². The Morgan fingerprint density at radius 3 is 2.93 bits per heavy atom. The third kappa shape index (κ3) is 4.03. The first-order valence-electron chi connectivity index (χ1n) is 9.55. The fourth-order valence-electron chi connectivity index (χ4n) is 3.91. The number of methoxy groups -OCH3 is 1. The summed E-state index contributed by atoms with van der Waals surface area (Å²) in [6.07, 6.45) is 6.83. The van der Waals surface area contributed by atoms with E-state index in [1.165, 1.54) is 5.56 Å². The van der Waals surface area contributed by atoms with Crippen molar-refractivity contribution in [3.63, 3.8) is 0 Å². The SMILES string of the molecule is COc1ccc2cc(C(=O)C3CCCN(CCc4cn[nH]c4)C3)ccc2c1. The summed E-state index contributed by atoms with van der Waals surface area (Å²) in [5.74, 6) is 1.18. The smallest absolute Gasteiger partial charge is 0.167 e. The summed E-state index contributed by atoms with van der Waals surface area (Å²) in [6, 6.07) is 11.9. The van der Waals surface area contributed by atoms with Gasteiger partial charge in [0.1, 0.15) is 5.75 Å². The minimum absolute atomic E-state index is 0.0822. The summed E-state index contributed by atoms with van der Waals surface area (Å²) in [4.78, 5) is 15.5. The molecule has 0 bridgehead atoms. The largest absolute Gasteiger partial charge is 0.497 e. The van der Waals surface area contributed by atoms with Crippen molar-refractivity contribution >= 4 is 16.6 Å². The number of fused-ring (bicyclic) bond motifs is 1. The fourth-order valence-corrected chi connectivity index (χ4v) is 3.91. The van der Waals surface area contributed by atoms with E-state index >= 15 is 0 Å². The number of H-pyrrole nitrogens is 1. The molecule has 2 aromatic carbocycles. The van der Waals surface area contributed by atoms with Gasteiger partial charge < -0.3 is 9.64 Å². The minimum Gasteiger partial charge on any atom is -0.497 e. The average molecular weight is 363 g/mol. The number of Topliss-reactive ketones (excluding diaryl/α,β-unsaturated/α-hetero) is 1. The highest BCUT2D eigenvalue weighted by Crippen LogP contribution is 2.25. The van der Waals surface area contributed by atoms with Gasteiger partial charge in [0.2, 0.25) is 0 Å². The highest BCUT2D eigenvalue weighted by atomic mass is 16.5. The van der Waals surface area contributed by atoms with Crippen LogP contribution in [-0.4, -0.2) is 47.6 Å². The molecule has 3 aromatic rings.